The highest BCUT2D eigenvalue weighted by atomic mass is 35.5. The molecular weight excluding hydrogens is 260 g/mol. The van der Waals surface area contributed by atoms with E-state index >= 15 is 0 Å². The first-order valence-corrected chi connectivity index (χ1v) is 6.69. The third-order valence-corrected chi connectivity index (χ3v) is 3.20. The normalized spacial score (nSPS) is 12.3. The predicted molar refractivity (Wildman–Crippen MR) is 77.2 cm³/mol. The van der Waals surface area contributed by atoms with Gasteiger partial charge in [0.1, 0.15) is 12.9 Å². The first-order valence-electron chi connectivity index (χ1n) is 6.15. The van der Waals surface area contributed by atoms with Gasteiger partial charge in [-0.25, -0.2) is 0 Å². The molecular formula is C16H17ClO2. The minimum Gasteiger partial charge on any atom is -0.359 e. The number of rotatable bonds is 6. The fourth-order valence-corrected chi connectivity index (χ4v) is 2.11. The zero-order valence-electron chi connectivity index (χ0n) is 10.9. The van der Waals surface area contributed by atoms with Crippen LogP contribution in [0.3, 0.4) is 0 Å². The number of hydrogen-bond donors (Lipinski definition) is 0. The van der Waals surface area contributed by atoms with Crippen LogP contribution < -0.4 is 0 Å². The molecule has 2 rings (SSSR count). The fraction of sp³-hybridized carbons (Fsp3) is 0.250. The molecule has 0 heterocycles. The Balaban J connectivity index is 2.26. The molecule has 2 aromatic carbocycles. The first kappa shape index (κ1) is 14.1. The second-order valence-corrected chi connectivity index (χ2v) is 4.51. The molecule has 0 fully saturated rings. The Hall–Kier alpha value is -1.35. The summed E-state index contributed by atoms with van der Waals surface area (Å²) in [7, 11) is 1.62. The van der Waals surface area contributed by atoms with E-state index in [1.807, 2.05) is 42.5 Å². The van der Waals surface area contributed by atoms with E-state index in [2.05, 4.69) is 12.1 Å². The van der Waals surface area contributed by atoms with E-state index < -0.39 is 0 Å². The Morgan fingerprint density at radius 2 is 1.58 bits per heavy atom. The Morgan fingerprint density at radius 1 is 0.947 bits per heavy atom. The Labute approximate surface area is 118 Å². The van der Waals surface area contributed by atoms with Crippen molar-refractivity contribution in [2.24, 2.45) is 0 Å². The summed E-state index contributed by atoms with van der Waals surface area (Å²) in [6.07, 6.45) is -0.120. The van der Waals surface area contributed by atoms with Crippen LogP contribution >= 0.6 is 11.6 Å². The van der Waals surface area contributed by atoms with Crippen LogP contribution in [0.15, 0.2) is 54.6 Å². The summed E-state index contributed by atoms with van der Waals surface area (Å²) in [4.78, 5) is 0. The Bertz CT molecular complexity index is 482. The molecule has 0 radical (unpaired) electrons. The summed E-state index contributed by atoms with van der Waals surface area (Å²) in [6, 6.07) is 18.2. The van der Waals surface area contributed by atoms with E-state index in [9.17, 15) is 0 Å². The van der Waals surface area contributed by atoms with Gasteiger partial charge >= 0.3 is 0 Å². The lowest BCUT2D eigenvalue weighted by Crippen LogP contribution is -2.08. The lowest BCUT2D eigenvalue weighted by molar-refractivity contribution is -0.0591. The molecule has 1 atom stereocenters. The van der Waals surface area contributed by atoms with Crippen molar-refractivity contribution >= 4 is 11.6 Å². The van der Waals surface area contributed by atoms with E-state index in [0.29, 0.717) is 5.88 Å². The fourth-order valence-electron chi connectivity index (χ4n) is 1.93. The Kier molecular flexibility index (Phi) is 5.40. The van der Waals surface area contributed by atoms with Crippen LogP contribution in [0.25, 0.3) is 0 Å². The number of hydrogen-bond acceptors (Lipinski definition) is 2. The first-order chi connectivity index (χ1) is 9.35. The smallest absolute Gasteiger partial charge is 0.147 e. The van der Waals surface area contributed by atoms with Gasteiger partial charge in [0.15, 0.2) is 0 Å². The van der Waals surface area contributed by atoms with Gasteiger partial charge in [0, 0.05) is 13.0 Å². The van der Waals surface area contributed by atoms with Crippen LogP contribution in [0.1, 0.15) is 22.8 Å². The second kappa shape index (κ2) is 7.29. The monoisotopic (exact) mass is 276 g/mol. The average molecular weight is 277 g/mol. The van der Waals surface area contributed by atoms with Gasteiger partial charge in [-0.2, -0.15) is 0 Å². The molecule has 0 N–H and O–H groups in total. The molecule has 0 amide bonds. The van der Waals surface area contributed by atoms with Gasteiger partial charge in [-0.05, 0) is 16.7 Å². The number of ether oxygens (including phenoxy) is 2. The molecule has 2 aromatic rings. The summed E-state index contributed by atoms with van der Waals surface area (Å²) in [6.45, 7) is 0.261. The second-order valence-electron chi connectivity index (χ2n) is 4.24. The quantitative estimate of drug-likeness (QED) is 0.583. The largest absolute Gasteiger partial charge is 0.359 e. The van der Waals surface area contributed by atoms with Gasteiger partial charge in [-0.15, -0.1) is 11.6 Å². The molecule has 0 aliphatic rings. The topological polar surface area (TPSA) is 18.5 Å². The van der Waals surface area contributed by atoms with E-state index in [1.165, 1.54) is 0 Å². The molecule has 1 unspecified atom stereocenters. The molecule has 3 heteroatoms. The predicted octanol–water partition coefficient (Wildman–Crippen LogP) is 4.14. The highest BCUT2D eigenvalue weighted by Gasteiger charge is 2.14. The van der Waals surface area contributed by atoms with Crippen molar-refractivity contribution in [2.45, 2.75) is 12.0 Å². The van der Waals surface area contributed by atoms with E-state index in [1.54, 1.807) is 7.11 Å². The van der Waals surface area contributed by atoms with Gasteiger partial charge in [-0.1, -0.05) is 54.6 Å². The molecule has 0 saturated heterocycles. The third kappa shape index (κ3) is 3.80. The maximum absolute atomic E-state index is 5.81. The van der Waals surface area contributed by atoms with Crippen LogP contribution in [-0.2, 0) is 15.4 Å². The van der Waals surface area contributed by atoms with Crippen molar-refractivity contribution in [3.05, 3.63) is 71.3 Å². The number of benzene rings is 2. The van der Waals surface area contributed by atoms with Crippen LogP contribution in [0.5, 0.6) is 0 Å². The standard InChI is InChI=1S/C16H17ClO2/c1-18-12-19-16(14-5-3-2-4-6-14)15-9-7-13(11-17)8-10-15/h2-10,16H,11-12H2,1H3. The average Bonchev–Trinajstić information content (AvgIpc) is 2.49. The van der Waals surface area contributed by atoms with Gasteiger partial charge in [0.25, 0.3) is 0 Å². The number of alkyl halides is 1. The van der Waals surface area contributed by atoms with Crippen LogP contribution in [-0.4, -0.2) is 13.9 Å². The van der Waals surface area contributed by atoms with Crippen molar-refractivity contribution in [3.8, 4) is 0 Å². The maximum atomic E-state index is 5.81. The summed E-state index contributed by atoms with van der Waals surface area (Å²) < 4.78 is 10.8. The summed E-state index contributed by atoms with van der Waals surface area (Å²) in [5.41, 5.74) is 3.30. The highest BCUT2D eigenvalue weighted by Crippen LogP contribution is 2.26. The molecule has 0 aromatic heterocycles. The Morgan fingerprint density at radius 3 is 2.16 bits per heavy atom. The zero-order chi connectivity index (χ0) is 13.5. The minimum atomic E-state index is -0.120. The van der Waals surface area contributed by atoms with Crippen molar-refractivity contribution in [3.63, 3.8) is 0 Å². The lowest BCUT2D eigenvalue weighted by atomic mass is 10.0. The lowest BCUT2D eigenvalue weighted by Gasteiger charge is -2.18. The minimum absolute atomic E-state index is 0.120. The van der Waals surface area contributed by atoms with Crippen molar-refractivity contribution < 1.29 is 9.47 Å². The van der Waals surface area contributed by atoms with E-state index in [0.717, 1.165) is 16.7 Å². The van der Waals surface area contributed by atoms with Gasteiger partial charge < -0.3 is 9.47 Å². The molecule has 0 aliphatic heterocycles. The van der Waals surface area contributed by atoms with Gasteiger partial charge in [0.2, 0.25) is 0 Å². The zero-order valence-corrected chi connectivity index (χ0v) is 11.6. The maximum Gasteiger partial charge on any atom is 0.147 e. The summed E-state index contributed by atoms with van der Waals surface area (Å²) in [5, 5.41) is 0. The van der Waals surface area contributed by atoms with Crippen LogP contribution in [0.2, 0.25) is 0 Å². The molecule has 0 bridgehead atoms. The molecule has 0 spiro atoms. The number of halogens is 1. The van der Waals surface area contributed by atoms with Crippen LogP contribution in [0, 0.1) is 0 Å². The molecule has 100 valence electrons. The van der Waals surface area contributed by atoms with Crippen molar-refractivity contribution in [1.29, 1.82) is 0 Å². The van der Waals surface area contributed by atoms with Crippen LogP contribution in [0.4, 0.5) is 0 Å². The molecule has 0 saturated carbocycles. The molecule has 2 nitrogen and oxygen atoms in total. The molecule has 0 aliphatic carbocycles. The summed E-state index contributed by atoms with van der Waals surface area (Å²) >= 11 is 5.81. The van der Waals surface area contributed by atoms with Crippen molar-refractivity contribution in [1.82, 2.24) is 0 Å². The third-order valence-electron chi connectivity index (χ3n) is 2.89. The van der Waals surface area contributed by atoms with Gasteiger partial charge in [-0.3, -0.25) is 0 Å². The van der Waals surface area contributed by atoms with Crippen molar-refractivity contribution in [2.75, 3.05) is 13.9 Å². The van der Waals surface area contributed by atoms with E-state index in [-0.39, 0.29) is 12.9 Å². The van der Waals surface area contributed by atoms with Gasteiger partial charge in [0.05, 0.1) is 0 Å². The highest BCUT2D eigenvalue weighted by molar-refractivity contribution is 6.17. The number of methoxy groups -OCH3 is 1. The SMILES string of the molecule is COCOC(c1ccccc1)c1ccc(CCl)cc1. The van der Waals surface area contributed by atoms with E-state index in [4.69, 9.17) is 21.1 Å². The summed E-state index contributed by atoms with van der Waals surface area (Å²) in [5.74, 6) is 0.523. The molecule has 19 heavy (non-hydrogen) atoms.